The normalized spacial score (nSPS) is 12.6. The molecule has 4 heteroatoms. The van der Waals surface area contributed by atoms with E-state index in [1.54, 1.807) is 6.92 Å². The first-order valence-corrected chi connectivity index (χ1v) is 5.05. The van der Waals surface area contributed by atoms with E-state index in [0.29, 0.717) is 11.3 Å². The lowest BCUT2D eigenvalue weighted by Gasteiger charge is -2.02. The van der Waals surface area contributed by atoms with Crippen LogP contribution in [-0.4, -0.2) is 16.2 Å². The van der Waals surface area contributed by atoms with Crippen molar-refractivity contribution in [2.45, 2.75) is 13.8 Å². The highest BCUT2D eigenvalue weighted by molar-refractivity contribution is 6.08. The molecule has 0 bridgehead atoms. The zero-order valence-electron chi connectivity index (χ0n) is 9.33. The molecule has 16 heavy (non-hydrogen) atoms. The number of aryl methyl sites for hydroxylation is 1. The molecule has 0 saturated carbocycles. The smallest absolute Gasteiger partial charge is 0.138 e. The van der Waals surface area contributed by atoms with Crippen molar-refractivity contribution in [3.8, 4) is 0 Å². The van der Waals surface area contributed by atoms with Gasteiger partial charge in [-0.15, -0.1) is 0 Å². The van der Waals surface area contributed by atoms with Crippen LogP contribution in [0.1, 0.15) is 18.3 Å². The number of nitrogens with zero attached hydrogens (tertiary/aromatic N) is 1. The Kier molecular flexibility index (Phi) is 2.48. The number of hydrogen-bond acceptors (Lipinski definition) is 3. The number of aromatic amines is 1. The van der Waals surface area contributed by atoms with E-state index in [2.05, 4.69) is 9.97 Å². The first-order chi connectivity index (χ1) is 7.61. The van der Waals surface area contributed by atoms with Crippen LogP contribution in [0.5, 0.6) is 0 Å². The molecule has 4 nitrogen and oxygen atoms in total. The molecular weight excluding hydrogens is 200 g/mol. The van der Waals surface area contributed by atoms with Crippen LogP contribution in [0, 0.1) is 12.3 Å². The third-order valence-corrected chi connectivity index (χ3v) is 2.46. The van der Waals surface area contributed by atoms with Gasteiger partial charge in [0.1, 0.15) is 5.65 Å². The number of rotatable bonds is 2. The lowest BCUT2D eigenvalue weighted by molar-refractivity contribution is 1.23. The van der Waals surface area contributed by atoms with E-state index in [9.17, 15) is 0 Å². The summed E-state index contributed by atoms with van der Waals surface area (Å²) in [5, 5.41) is 8.40. The fourth-order valence-corrected chi connectivity index (χ4v) is 1.68. The summed E-state index contributed by atoms with van der Waals surface area (Å²) in [4.78, 5) is 7.61. The Labute approximate surface area is 93.7 Å². The SMILES string of the molecule is C/C(N)=C(/C=N)c1ccc2cc(C)[nH]c2n1. The second kappa shape index (κ2) is 3.81. The summed E-state index contributed by atoms with van der Waals surface area (Å²) < 4.78 is 0. The van der Waals surface area contributed by atoms with Gasteiger partial charge < -0.3 is 16.1 Å². The quantitative estimate of drug-likeness (QED) is 0.670. The van der Waals surface area contributed by atoms with Gasteiger partial charge in [0.15, 0.2) is 0 Å². The van der Waals surface area contributed by atoms with Crippen molar-refractivity contribution < 1.29 is 0 Å². The Bertz CT molecular complexity index is 574. The second-order valence-electron chi connectivity index (χ2n) is 3.83. The van der Waals surface area contributed by atoms with Gasteiger partial charge in [-0.3, -0.25) is 0 Å². The van der Waals surface area contributed by atoms with Crippen molar-refractivity contribution in [3.05, 3.63) is 35.3 Å². The molecule has 82 valence electrons. The van der Waals surface area contributed by atoms with E-state index in [1.807, 2.05) is 25.1 Å². The second-order valence-corrected chi connectivity index (χ2v) is 3.83. The Morgan fingerprint density at radius 3 is 2.88 bits per heavy atom. The molecular formula is C12H14N4. The van der Waals surface area contributed by atoms with E-state index in [0.717, 1.165) is 22.4 Å². The van der Waals surface area contributed by atoms with Crippen molar-refractivity contribution in [2.75, 3.05) is 0 Å². The number of H-pyrrole nitrogens is 1. The van der Waals surface area contributed by atoms with Crippen LogP contribution in [0.25, 0.3) is 16.6 Å². The van der Waals surface area contributed by atoms with Crippen LogP contribution >= 0.6 is 0 Å². The van der Waals surface area contributed by atoms with Gasteiger partial charge in [0, 0.05) is 28.6 Å². The minimum absolute atomic E-state index is 0.602. The Hall–Kier alpha value is -2.10. The van der Waals surface area contributed by atoms with Gasteiger partial charge in [-0.2, -0.15) is 0 Å². The third kappa shape index (κ3) is 1.69. The summed E-state index contributed by atoms with van der Waals surface area (Å²) in [5.74, 6) is 0. The lowest BCUT2D eigenvalue weighted by Crippen LogP contribution is -2.00. The fourth-order valence-electron chi connectivity index (χ4n) is 1.68. The molecule has 0 atom stereocenters. The summed E-state index contributed by atoms with van der Waals surface area (Å²) in [6, 6.07) is 5.90. The van der Waals surface area contributed by atoms with Crippen molar-refractivity contribution in [1.82, 2.24) is 9.97 Å². The molecule has 0 saturated heterocycles. The van der Waals surface area contributed by atoms with Crippen LogP contribution in [0.3, 0.4) is 0 Å². The maximum atomic E-state index is 7.33. The van der Waals surface area contributed by atoms with Crippen LogP contribution in [-0.2, 0) is 0 Å². The first kappa shape index (κ1) is 10.4. The van der Waals surface area contributed by atoms with E-state index in [-0.39, 0.29) is 0 Å². The zero-order chi connectivity index (χ0) is 11.7. The van der Waals surface area contributed by atoms with Gasteiger partial charge >= 0.3 is 0 Å². The molecule has 0 aliphatic carbocycles. The molecule has 0 amide bonds. The van der Waals surface area contributed by atoms with Gasteiger partial charge in [0.25, 0.3) is 0 Å². The molecule has 0 unspecified atom stereocenters. The summed E-state index contributed by atoms with van der Waals surface area (Å²) >= 11 is 0. The van der Waals surface area contributed by atoms with Crippen LogP contribution in [0.4, 0.5) is 0 Å². The summed E-state index contributed by atoms with van der Waals surface area (Å²) in [7, 11) is 0. The van der Waals surface area contributed by atoms with E-state index in [1.165, 1.54) is 6.21 Å². The average molecular weight is 214 g/mol. The number of fused-ring (bicyclic) bond motifs is 1. The molecule has 0 aromatic carbocycles. The van der Waals surface area contributed by atoms with Crippen molar-refractivity contribution in [2.24, 2.45) is 5.73 Å². The topological polar surface area (TPSA) is 78.5 Å². The van der Waals surface area contributed by atoms with Crippen LogP contribution < -0.4 is 5.73 Å². The Morgan fingerprint density at radius 1 is 1.50 bits per heavy atom. The molecule has 2 rings (SSSR count). The molecule has 2 heterocycles. The molecule has 0 aliphatic rings. The number of hydrogen-bond donors (Lipinski definition) is 3. The molecule has 4 N–H and O–H groups in total. The standard InChI is InChI=1S/C12H14N4/c1-7-5-9-3-4-11(16-12(9)15-7)10(6-13)8(2)14/h3-6,13H,14H2,1-2H3,(H,15,16)/b10-8+,13-6?. The van der Waals surface area contributed by atoms with Gasteiger partial charge in [-0.25, -0.2) is 4.98 Å². The van der Waals surface area contributed by atoms with Crippen molar-refractivity contribution >= 4 is 22.8 Å². The van der Waals surface area contributed by atoms with Gasteiger partial charge in [-0.1, -0.05) is 0 Å². The van der Waals surface area contributed by atoms with Gasteiger partial charge in [0.2, 0.25) is 0 Å². The predicted octanol–water partition coefficient (Wildman–Crippen LogP) is 2.21. The number of nitrogens with one attached hydrogen (secondary N) is 2. The lowest BCUT2D eigenvalue weighted by atomic mass is 10.1. The van der Waals surface area contributed by atoms with Gasteiger partial charge in [-0.05, 0) is 32.0 Å². The summed E-state index contributed by atoms with van der Waals surface area (Å²) in [6.45, 7) is 3.76. The zero-order valence-corrected chi connectivity index (χ0v) is 9.33. The van der Waals surface area contributed by atoms with Gasteiger partial charge in [0.05, 0.1) is 5.69 Å². The Balaban J connectivity index is 2.62. The van der Waals surface area contributed by atoms with E-state index >= 15 is 0 Å². The molecule has 0 radical (unpaired) electrons. The van der Waals surface area contributed by atoms with Crippen molar-refractivity contribution in [3.63, 3.8) is 0 Å². The maximum Gasteiger partial charge on any atom is 0.138 e. The highest BCUT2D eigenvalue weighted by Gasteiger charge is 2.05. The van der Waals surface area contributed by atoms with E-state index in [4.69, 9.17) is 11.1 Å². The number of aromatic nitrogens is 2. The first-order valence-electron chi connectivity index (χ1n) is 5.05. The monoisotopic (exact) mass is 214 g/mol. The fraction of sp³-hybridized carbons (Fsp3) is 0.167. The predicted molar refractivity (Wildman–Crippen MR) is 66.4 cm³/mol. The minimum atomic E-state index is 0.602. The van der Waals surface area contributed by atoms with Crippen LogP contribution in [0.2, 0.25) is 0 Å². The molecule has 0 aliphatic heterocycles. The average Bonchev–Trinajstić information content (AvgIpc) is 2.57. The molecule has 0 fully saturated rings. The Morgan fingerprint density at radius 2 is 2.25 bits per heavy atom. The van der Waals surface area contributed by atoms with Crippen molar-refractivity contribution in [1.29, 1.82) is 5.41 Å². The molecule has 2 aromatic heterocycles. The highest BCUT2D eigenvalue weighted by Crippen LogP contribution is 2.18. The summed E-state index contributed by atoms with van der Waals surface area (Å²) in [6.07, 6.45) is 1.24. The minimum Gasteiger partial charge on any atom is -0.402 e. The van der Waals surface area contributed by atoms with Crippen LogP contribution in [0.15, 0.2) is 23.9 Å². The third-order valence-electron chi connectivity index (χ3n) is 2.46. The summed E-state index contributed by atoms with van der Waals surface area (Å²) in [5.41, 5.74) is 9.60. The maximum absolute atomic E-state index is 7.33. The number of nitrogens with two attached hydrogens (primary N) is 1. The number of allylic oxidation sites excluding steroid dienone is 2. The number of pyridine rings is 1. The molecule has 2 aromatic rings. The largest absolute Gasteiger partial charge is 0.402 e. The molecule has 0 spiro atoms. The highest BCUT2D eigenvalue weighted by atomic mass is 14.9. The van der Waals surface area contributed by atoms with E-state index < -0.39 is 0 Å².